The highest BCUT2D eigenvalue weighted by molar-refractivity contribution is 9.10. The normalized spacial score (nSPS) is 10.7. The fourth-order valence-electron chi connectivity index (χ4n) is 2.33. The van der Waals surface area contributed by atoms with Crippen LogP contribution >= 0.6 is 27.5 Å². The molecule has 0 aliphatic rings. The molecule has 3 rings (SSSR count). The average Bonchev–Trinajstić information content (AvgIpc) is 2.56. The van der Waals surface area contributed by atoms with E-state index in [0.29, 0.717) is 22.0 Å². The average molecular weight is 406 g/mol. The first-order chi connectivity index (χ1) is 11.5. The van der Waals surface area contributed by atoms with Gasteiger partial charge in [-0.3, -0.25) is 4.79 Å². The van der Waals surface area contributed by atoms with Crippen molar-refractivity contribution < 1.29 is 4.79 Å². The number of benzene rings is 1. The van der Waals surface area contributed by atoms with Crippen molar-refractivity contribution in [2.24, 2.45) is 0 Å². The van der Waals surface area contributed by atoms with E-state index < -0.39 is 0 Å². The van der Waals surface area contributed by atoms with Crippen molar-refractivity contribution in [1.29, 1.82) is 0 Å². The molecule has 0 radical (unpaired) electrons. The van der Waals surface area contributed by atoms with Crippen LogP contribution in [0.25, 0.3) is 10.9 Å². The van der Waals surface area contributed by atoms with Crippen LogP contribution in [0.4, 0.5) is 11.5 Å². The molecule has 0 atom stereocenters. The van der Waals surface area contributed by atoms with Crippen molar-refractivity contribution in [2.45, 2.75) is 0 Å². The van der Waals surface area contributed by atoms with Gasteiger partial charge in [-0.2, -0.15) is 0 Å². The highest BCUT2D eigenvalue weighted by atomic mass is 79.9. The summed E-state index contributed by atoms with van der Waals surface area (Å²) >= 11 is 9.74. The van der Waals surface area contributed by atoms with Crippen LogP contribution in [0.15, 0.2) is 47.1 Å². The van der Waals surface area contributed by atoms with Gasteiger partial charge in [-0.1, -0.05) is 23.7 Å². The zero-order valence-electron chi connectivity index (χ0n) is 13.0. The number of anilines is 2. The van der Waals surface area contributed by atoms with Gasteiger partial charge in [0.05, 0.1) is 16.2 Å². The number of nitrogens with zero attached hydrogens (tertiary/aromatic N) is 3. The maximum absolute atomic E-state index is 12.6. The zero-order chi connectivity index (χ0) is 17.3. The van der Waals surface area contributed by atoms with E-state index >= 15 is 0 Å². The number of rotatable bonds is 3. The summed E-state index contributed by atoms with van der Waals surface area (Å²) in [5, 5.41) is 4.11. The molecular formula is C17H14BrClN4O. The number of amides is 1. The molecule has 0 aliphatic carbocycles. The Morgan fingerprint density at radius 3 is 2.79 bits per heavy atom. The van der Waals surface area contributed by atoms with Gasteiger partial charge in [0.2, 0.25) is 0 Å². The van der Waals surface area contributed by atoms with Crippen molar-refractivity contribution in [3.8, 4) is 0 Å². The van der Waals surface area contributed by atoms with Crippen molar-refractivity contribution >= 4 is 55.8 Å². The van der Waals surface area contributed by atoms with Gasteiger partial charge < -0.3 is 10.2 Å². The van der Waals surface area contributed by atoms with E-state index in [-0.39, 0.29) is 11.6 Å². The lowest BCUT2D eigenvalue weighted by atomic mass is 10.2. The molecule has 0 aliphatic heterocycles. The summed E-state index contributed by atoms with van der Waals surface area (Å²) in [6.07, 6.45) is 1.67. The molecule has 7 heteroatoms. The molecule has 2 heterocycles. The highest BCUT2D eigenvalue weighted by Crippen LogP contribution is 2.29. The summed E-state index contributed by atoms with van der Waals surface area (Å²) in [7, 11) is 3.72. The fraction of sp³-hybridized carbons (Fsp3) is 0.118. The van der Waals surface area contributed by atoms with E-state index in [9.17, 15) is 4.79 Å². The lowest BCUT2D eigenvalue weighted by Gasteiger charge is -2.16. The first-order valence-electron chi connectivity index (χ1n) is 7.16. The number of hydrogen-bond donors (Lipinski definition) is 1. The van der Waals surface area contributed by atoms with Gasteiger partial charge in [0, 0.05) is 30.2 Å². The molecule has 5 nitrogen and oxygen atoms in total. The van der Waals surface area contributed by atoms with E-state index in [2.05, 4.69) is 31.2 Å². The maximum atomic E-state index is 12.6. The molecular weight excluding hydrogens is 392 g/mol. The highest BCUT2D eigenvalue weighted by Gasteiger charge is 2.15. The Kier molecular flexibility index (Phi) is 4.69. The molecule has 2 aromatic heterocycles. The van der Waals surface area contributed by atoms with Crippen LogP contribution in [0.2, 0.25) is 5.02 Å². The van der Waals surface area contributed by atoms with Crippen LogP contribution in [0.3, 0.4) is 0 Å². The fourth-order valence-corrected chi connectivity index (χ4v) is 3.04. The number of halogens is 2. The topological polar surface area (TPSA) is 58.1 Å². The van der Waals surface area contributed by atoms with Gasteiger partial charge >= 0.3 is 0 Å². The molecule has 0 saturated heterocycles. The summed E-state index contributed by atoms with van der Waals surface area (Å²) in [4.78, 5) is 23.1. The Labute approximate surface area is 152 Å². The second-order valence-electron chi connectivity index (χ2n) is 5.35. The van der Waals surface area contributed by atoms with Gasteiger partial charge in [0.1, 0.15) is 5.69 Å². The van der Waals surface area contributed by atoms with Crippen molar-refractivity contribution in [2.75, 3.05) is 24.3 Å². The Morgan fingerprint density at radius 2 is 2.04 bits per heavy atom. The minimum Gasteiger partial charge on any atom is -0.361 e. The number of carbonyl (C=O) groups is 1. The van der Waals surface area contributed by atoms with Gasteiger partial charge in [-0.15, -0.1) is 0 Å². The van der Waals surface area contributed by atoms with Crippen molar-refractivity contribution in [3.63, 3.8) is 0 Å². The quantitative estimate of drug-likeness (QED) is 0.703. The van der Waals surface area contributed by atoms with Crippen LogP contribution in [0, 0.1) is 0 Å². The zero-order valence-corrected chi connectivity index (χ0v) is 15.4. The number of fused-ring (bicyclic) bond motifs is 1. The first-order valence-corrected chi connectivity index (χ1v) is 8.33. The van der Waals surface area contributed by atoms with Crippen LogP contribution in [-0.4, -0.2) is 30.0 Å². The van der Waals surface area contributed by atoms with Crippen LogP contribution in [0.1, 0.15) is 10.5 Å². The predicted molar refractivity (Wildman–Crippen MR) is 101 cm³/mol. The minimum absolute atomic E-state index is 0.243. The molecule has 0 bridgehead atoms. The molecule has 0 saturated carbocycles. The number of pyridine rings is 2. The largest absolute Gasteiger partial charge is 0.361 e. The van der Waals surface area contributed by atoms with Gasteiger partial charge in [0.15, 0.2) is 5.82 Å². The van der Waals surface area contributed by atoms with Crippen LogP contribution in [0.5, 0.6) is 0 Å². The lowest BCUT2D eigenvalue weighted by molar-refractivity contribution is 0.102. The SMILES string of the molecule is CN(C)c1ncccc1NC(=O)c1cc(Cl)c2cccc(Br)c2n1. The summed E-state index contributed by atoms with van der Waals surface area (Å²) in [6, 6.07) is 10.7. The molecule has 1 aromatic carbocycles. The van der Waals surface area contributed by atoms with E-state index in [1.54, 1.807) is 24.4 Å². The summed E-state index contributed by atoms with van der Waals surface area (Å²) in [5.74, 6) is 0.324. The Bertz CT molecular complexity index is 930. The lowest BCUT2D eigenvalue weighted by Crippen LogP contribution is -2.18. The predicted octanol–water partition coefficient (Wildman–Crippen LogP) is 4.36. The second-order valence-corrected chi connectivity index (χ2v) is 6.61. The molecule has 1 amide bonds. The van der Waals surface area contributed by atoms with Gasteiger partial charge in [-0.25, -0.2) is 9.97 Å². The number of carbonyl (C=O) groups excluding carboxylic acids is 1. The van der Waals surface area contributed by atoms with Crippen LogP contribution in [-0.2, 0) is 0 Å². The summed E-state index contributed by atoms with van der Waals surface area (Å²) < 4.78 is 0.784. The van der Waals surface area contributed by atoms with E-state index in [4.69, 9.17) is 11.6 Å². The smallest absolute Gasteiger partial charge is 0.274 e. The van der Waals surface area contributed by atoms with E-state index in [0.717, 1.165) is 9.86 Å². The minimum atomic E-state index is -0.342. The van der Waals surface area contributed by atoms with Gasteiger partial charge in [-0.05, 0) is 40.2 Å². The molecule has 24 heavy (non-hydrogen) atoms. The van der Waals surface area contributed by atoms with Gasteiger partial charge in [0.25, 0.3) is 5.91 Å². The Hall–Kier alpha value is -2.18. The number of nitrogens with one attached hydrogen (secondary N) is 1. The van der Waals surface area contributed by atoms with Crippen molar-refractivity contribution in [3.05, 3.63) is 57.8 Å². The number of hydrogen-bond acceptors (Lipinski definition) is 4. The van der Waals surface area contributed by atoms with Crippen molar-refractivity contribution in [1.82, 2.24) is 9.97 Å². The molecule has 0 spiro atoms. The van der Waals surface area contributed by atoms with Crippen LogP contribution < -0.4 is 10.2 Å². The monoisotopic (exact) mass is 404 g/mol. The molecule has 0 unspecified atom stereocenters. The summed E-state index contributed by atoms with van der Waals surface area (Å²) in [6.45, 7) is 0. The molecule has 3 aromatic rings. The second kappa shape index (κ2) is 6.75. The molecule has 0 fully saturated rings. The number of para-hydroxylation sites is 1. The standard InChI is InChI=1S/C17H14BrClN4O/c1-23(2)16-13(7-4-8-20-16)22-17(24)14-9-12(19)10-5-3-6-11(18)15(10)21-14/h3-9H,1-2H3,(H,22,24). The summed E-state index contributed by atoms with van der Waals surface area (Å²) in [5.41, 5.74) is 1.50. The third-order valence-corrected chi connectivity index (χ3v) is 4.38. The molecule has 122 valence electrons. The first kappa shape index (κ1) is 16.7. The van der Waals surface area contributed by atoms with E-state index in [1.165, 1.54) is 0 Å². The number of aromatic nitrogens is 2. The third kappa shape index (κ3) is 3.20. The Balaban J connectivity index is 2.00. The third-order valence-electron chi connectivity index (χ3n) is 3.43. The van der Waals surface area contributed by atoms with E-state index in [1.807, 2.05) is 37.2 Å². The maximum Gasteiger partial charge on any atom is 0.274 e. The Morgan fingerprint density at radius 1 is 1.25 bits per heavy atom. The molecule has 1 N–H and O–H groups in total.